The molecular weight excluding hydrogens is 336 g/mol. The summed E-state index contributed by atoms with van der Waals surface area (Å²) in [5.74, 6) is -1.04. The Morgan fingerprint density at radius 1 is 0.962 bits per heavy atom. The number of para-hydroxylation sites is 1. The molecule has 0 fully saturated rings. The molecule has 7 nitrogen and oxygen atoms in total. The van der Waals surface area contributed by atoms with Crippen LogP contribution in [0.2, 0.25) is 0 Å². The van der Waals surface area contributed by atoms with Gasteiger partial charge in [-0.25, -0.2) is 4.79 Å². The third kappa shape index (κ3) is 3.72. The molecule has 0 saturated heterocycles. The molecule has 0 amide bonds. The summed E-state index contributed by atoms with van der Waals surface area (Å²) in [4.78, 5) is 34.6. The number of nitro groups is 1. The van der Waals surface area contributed by atoms with Crippen molar-refractivity contribution in [2.45, 2.75) is 6.54 Å². The Morgan fingerprint density at radius 3 is 2.38 bits per heavy atom. The second kappa shape index (κ2) is 7.52. The van der Waals surface area contributed by atoms with E-state index in [1.807, 2.05) is 18.2 Å². The lowest BCUT2D eigenvalue weighted by Gasteiger charge is -2.06. The molecule has 3 aromatic rings. The van der Waals surface area contributed by atoms with Crippen LogP contribution in [-0.2, 0) is 11.3 Å². The van der Waals surface area contributed by atoms with Crippen molar-refractivity contribution in [1.29, 1.82) is 0 Å². The van der Waals surface area contributed by atoms with E-state index in [0.29, 0.717) is 11.1 Å². The average Bonchev–Trinajstić information content (AvgIpc) is 2.67. The summed E-state index contributed by atoms with van der Waals surface area (Å²) >= 11 is 0. The topological polar surface area (TPSA) is 90.4 Å². The molecule has 7 heteroatoms. The van der Waals surface area contributed by atoms with Gasteiger partial charge in [0.05, 0.1) is 4.92 Å². The lowest BCUT2D eigenvalue weighted by Crippen LogP contribution is -2.45. The number of ketones is 1. The molecule has 3 rings (SSSR count). The number of nitrogens with zero attached hydrogens (tertiary/aromatic N) is 2. The van der Waals surface area contributed by atoms with Gasteiger partial charge < -0.3 is 4.74 Å². The maximum absolute atomic E-state index is 12.6. The number of fused-ring (bicyclic) bond motifs is 1. The Hall–Kier alpha value is -3.61. The van der Waals surface area contributed by atoms with Crippen LogP contribution in [0.15, 0.2) is 66.7 Å². The van der Waals surface area contributed by atoms with Crippen molar-refractivity contribution in [2.75, 3.05) is 6.73 Å². The van der Waals surface area contributed by atoms with Crippen LogP contribution in [0.4, 0.5) is 0 Å². The third-order valence-electron chi connectivity index (χ3n) is 3.85. The Kier molecular flexibility index (Phi) is 4.98. The van der Waals surface area contributed by atoms with Gasteiger partial charge in [0.1, 0.15) is 0 Å². The van der Waals surface area contributed by atoms with Crippen LogP contribution in [0, 0.1) is 10.1 Å². The predicted molar refractivity (Wildman–Crippen MR) is 92.2 cm³/mol. The number of Topliss-reactive ketones (excluding diaryl/α,β-unsaturated/α-hetero) is 1. The Bertz CT molecular complexity index is 986. The summed E-state index contributed by atoms with van der Waals surface area (Å²) in [6, 6.07) is 19.2. The van der Waals surface area contributed by atoms with Gasteiger partial charge in [-0.15, -0.1) is 0 Å². The molecule has 0 unspecified atom stereocenters. The monoisotopic (exact) mass is 351 g/mol. The SMILES string of the molecule is O=C(C[n+]1c(C(=O)OC[N+](=O)[O-])ccc2ccccc21)c1ccccc1. The first-order chi connectivity index (χ1) is 12.6. The number of ether oxygens (including phenoxy) is 1. The summed E-state index contributed by atoms with van der Waals surface area (Å²) in [5.41, 5.74) is 1.25. The third-order valence-corrected chi connectivity index (χ3v) is 3.85. The largest absolute Gasteiger partial charge is 0.408 e. The van der Waals surface area contributed by atoms with E-state index >= 15 is 0 Å². The molecule has 0 aliphatic carbocycles. The molecule has 1 aromatic heterocycles. The molecule has 0 aliphatic heterocycles. The van der Waals surface area contributed by atoms with Gasteiger partial charge in [-0.3, -0.25) is 14.9 Å². The number of hydrogen-bond donors (Lipinski definition) is 0. The van der Waals surface area contributed by atoms with Crippen molar-refractivity contribution in [3.63, 3.8) is 0 Å². The highest BCUT2D eigenvalue weighted by molar-refractivity contribution is 5.95. The summed E-state index contributed by atoms with van der Waals surface area (Å²) in [5, 5.41) is 11.3. The van der Waals surface area contributed by atoms with Gasteiger partial charge in [-0.1, -0.05) is 42.5 Å². The smallest absolute Gasteiger partial charge is 0.392 e. The molecule has 2 aromatic carbocycles. The summed E-state index contributed by atoms with van der Waals surface area (Å²) in [6.45, 7) is -1.02. The van der Waals surface area contributed by atoms with E-state index in [1.165, 1.54) is 10.6 Å². The van der Waals surface area contributed by atoms with Crippen molar-refractivity contribution in [3.8, 4) is 0 Å². The Balaban J connectivity index is 2.02. The number of esters is 1. The zero-order chi connectivity index (χ0) is 18.5. The van der Waals surface area contributed by atoms with Crippen molar-refractivity contribution in [3.05, 3.63) is 88.1 Å². The number of aromatic nitrogens is 1. The van der Waals surface area contributed by atoms with Crippen LogP contribution in [0.5, 0.6) is 0 Å². The van der Waals surface area contributed by atoms with Gasteiger partial charge >= 0.3 is 12.7 Å². The second-order valence-electron chi connectivity index (χ2n) is 5.55. The van der Waals surface area contributed by atoms with E-state index in [-0.39, 0.29) is 18.0 Å². The Morgan fingerprint density at radius 2 is 1.65 bits per heavy atom. The zero-order valence-electron chi connectivity index (χ0n) is 13.7. The van der Waals surface area contributed by atoms with E-state index in [1.54, 1.807) is 42.5 Å². The molecule has 1 heterocycles. The second-order valence-corrected chi connectivity index (χ2v) is 5.55. The van der Waals surface area contributed by atoms with E-state index in [9.17, 15) is 19.7 Å². The number of benzene rings is 2. The van der Waals surface area contributed by atoms with Crippen LogP contribution >= 0.6 is 0 Å². The Labute approximate surface area is 148 Å². The molecule has 26 heavy (non-hydrogen) atoms. The molecule has 0 saturated carbocycles. The van der Waals surface area contributed by atoms with Crippen molar-refractivity contribution in [2.24, 2.45) is 0 Å². The fourth-order valence-corrected chi connectivity index (χ4v) is 2.66. The molecular formula is C19H15N2O5+. The predicted octanol–water partition coefficient (Wildman–Crippen LogP) is 2.40. The first-order valence-corrected chi connectivity index (χ1v) is 7.85. The number of hydrogen-bond acceptors (Lipinski definition) is 5. The van der Waals surface area contributed by atoms with E-state index in [4.69, 9.17) is 4.74 Å². The van der Waals surface area contributed by atoms with Crippen molar-refractivity contribution >= 4 is 22.7 Å². The molecule has 130 valence electrons. The molecule has 0 bridgehead atoms. The quantitative estimate of drug-likeness (QED) is 0.170. The van der Waals surface area contributed by atoms with Crippen LogP contribution in [0.25, 0.3) is 10.9 Å². The minimum Gasteiger partial charge on any atom is -0.392 e. The normalized spacial score (nSPS) is 10.5. The van der Waals surface area contributed by atoms with Crippen LogP contribution in [0.1, 0.15) is 20.8 Å². The fourth-order valence-electron chi connectivity index (χ4n) is 2.66. The molecule has 0 atom stereocenters. The summed E-state index contributed by atoms with van der Waals surface area (Å²) < 4.78 is 6.22. The van der Waals surface area contributed by atoms with Crippen LogP contribution in [0.3, 0.4) is 0 Å². The van der Waals surface area contributed by atoms with Gasteiger partial charge in [0.15, 0.2) is 0 Å². The maximum atomic E-state index is 12.6. The van der Waals surface area contributed by atoms with E-state index < -0.39 is 17.6 Å². The highest BCUT2D eigenvalue weighted by Crippen LogP contribution is 2.12. The molecule has 0 aliphatic rings. The van der Waals surface area contributed by atoms with Gasteiger partial charge in [0.2, 0.25) is 17.8 Å². The molecule has 0 spiro atoms. The lowest BCUT2D eigenvalue weighted by molar-refractivity contribution is -0.660. The minimum atomic E-state index is -0.932. The van der Waals surface area contributed by atoms with Crippen LogP contribution in [-0.4, -0.2) is 23.4 Å². The number of rotatable bonds is 6. The minimum absolute atomic E-state index is 0.0785. The fraction of sp³-hybridized carbons (Fsp3) is 0.105. The molecule has 0 radical (unpaired) electrons. The number of pyridine rings is 1. The highest BCUT2D eigenvalue weighted by Gasteiger charge is 2.27. The van der Waals surface area contributed by atoms with Crippen LogP contribution < -0.4 is 4.57 Å². The number of carbonyl (C=O) groups is 2. The first kappa shape index (κ1) is 17.2. The van der Waals surface area contributed by atoms with Crippen molar-refractivity contribution in [1.82, 2.24) is 0 Å². The lowest BCUT2D eigenvalue weighted by atomic mass is 10.1. The van der Waals surface area contributed by atoms with Crippen molar-refractivity contribution < 1.29 is 23.8 Å². The first-order valence-electron chi connectivity index (χ1n) is 7.85. The summed E-state index contributed by atoms with van der Waals surface area (Å²) in [7, 11) is 0. The highest BCUT2D eigenvalue weighted by atomic mass is 16.7. The van der Waals surface area contributed by atoms with Gasteiger partial charge in [-0.2, -0.15) is 4.57 Å². The van der Waals surface area contributed by atoms with E-state index in [2.05, 4.69) is 0 Å². The standard InChI is InChI=1S/C19H15N2O5/c22-18(15-7-2-1-3-8-15)12-20-16-9-5-4-6-14(16)10-11-17(20)19(23)26-13-21(24)25/h1-11H,12-13H2/q+1. The molecule has 0 N–H and O–H groups in total. The van der Waals surface area contributed by atoms with Gasteiger partial charge in [-0.05, 0) is 12.1 Å². The van der Waals surface area contributed by atoms with Gasteiger partial charge in [0, 0.05) is 23.1 Å². The number of carbonyl (C=O) groups excluding carboxylic acids is 2. The van der Waals surface area contributed by atoms with Gasteiger partial charge in [0.25, 0.3) is 5.69 Å². The van der Waals surface area contributed by atoms with E-state index in [0.717, 1.165) is 5.39 Å². The summed E-state index contributed by atoms with van der Waals surface area (Å²) in [6.07, 6.45) is 0. The average molecular weight is 351 g/mol. The maximum Gasteiger partial charge on any atom is 0.408 e. The zero-order valence-corrected chi connectivity index (χ0v) is 13.7.